The number of thiocarbonyl (C=S) groups is 1. The molecule has 0 atom stereocenters. The number of hydrogen-bond donors (Lipinski definition) is 1. The van der Waals surface area contributed by atoms with Gasteiger partial charge in [0.15, 0.2) is 10.2 Å². The highest BCUT2D eigenvalue weighted by atomic mass is 32.1. The zero-order valence-corrected chi connectivity index (χ0v) is 14.9. The van der Waals surface area contributed by atoms with E-state index in [0.29, 0.717) is 0 Å². The molecule has 0 aliphatic carbocycles. The maximum Gasteiger partial charge on any atom is 0.189 e. The first-order valence-corrected chi connectivity index (χ1v) is 8.79. The molecule has 122 valence electrons. The van der Waals surface area contributed by atoms with Gasteiger partial charge in [0.05, 0.1) is 12.8 Å². The van der Waals surface area contributed by atoms with Gasteiger partial charge in [-0.05, 0) is 31.4 Å². The van der Waals surface area contributed by atoms with Gasteiger partial charge in [0, 0.05) is 37.1 Å². The molecule has 0 amide bonds. The minimum Gasteiger partial charge on any atom is -0.497 e. The monoisotopic (exact) mass is 348 g/mol. The van der Waals surface area contributed by atoms with Gasteiger partial charge in [-0.25, -0.2) is 4.98 Å². The minimum absolute atomic E-state index is 0.754. The van der Waals surface area contributed by atoms with Crippen molar-refractivity contribution in [2.75, 3.05) is 45.7 Å². The van der Waals surface area contributed by atoms with Crippen LogP contribution in [0.1, 0.15) is 0 Å². The number of anilines is 1. The first kappa shape index (κ1) is 16.2. The highest BCUT2D eigenvalue weighted by molar-refractivity contribution is 7.80. The summed E-state index contributed by atoms with van der Waals surface area (Å²) < 4.78 is 5.26. The Bertz CT molecular complexity index is 680. The van der Waals surface area contributed by atoms with Crippen molar-refractivity contribution in [1.82, 2.24) is 14.8 Å². The third-order valence-corrected chi connectivity index (χ3v) is 4.99. The fourth-order valence-corrected chi connectivity index (χ4v) is 3.49. The van der Waals surface area contributed by atoms with E-state index in [4.69, 9.17) is 17.0 Å². The van der Waals surface area contributed by atoms with Crippen molar-refractivity contribution < 1.29 is 4.74 Å². The average molecular weight is 348 g/mol. The summed E-state index contributed by atoms with van der Waals surface area (Å²) in [6, 6.07) is 7.91. The third kappa shape index (κ3) is 3.99. The molecular weight excluding hydrogens is 328 g/mol. The van der Waals surface area contributed by atoms with E-state index in [-0.39, 0.29) is 0 Å². The number of nitrogens with zero attached hydrogens (tertiary/aromatic N) is 3. The molecule has 2 heterocycles. The van der Waals surface area contributed by atoms with Gasteiger partial charge in [0.2, 0.25) is 0 Å². The zero-order valence-electron chi connectivity index (χ0n) is 13.3. The van der Waals surface area contributed by atoms with Gasteiger partial charge in [0.25, 0.3) is 0 Å². The molecular formula is C16H20N4OS2. The molecule has 1 aliphatic rings. The topological polar surface area (TPSA) is 40.6 Å². The fourth-order valence-electron chi connectivity index (χ4n) is 2.43. The summed E-state index contributed by atoms with van der Waals surface area (Å²) in [5.41, 5.74) is 1.97. The van der Waals surface area contributed by atoms with Gasteiger partial charge in [-0.3, -0.25) is 0 Å². The van der Waals surface area contributed by atoms with Crippen LogP contribution in [0.3, 0.4) is 0 Å². The second-order valence-electron chi connectivity index (χ2n) is 5.49. The van der Waals surface area contributed by atoms with Crippen LogP contribution in [0.25, 0.3) is 11.3 Å². The number of ether oxygens (including phenoxy) is 1. The van der Waals surface area contributed by atoms with Crippen molar-refractivity contribution in [2.24, 2.45) is 0 Å². The number of hydrogen-bond acceptors (Lipinski definition) is 5. The Balaban J connectivity index is 1.66. The van der Waals surface area contributed by atoms with E-state index in [0.717, 1.165) is 53.4 Å². The number of piperazine rings is 1. The molecule has 0 radical (unpaired) electrons. The molecule has 1 aliphatic heterocycles. The van der Waals surface area contributed by atoms with Crippen LogP contribution < -0.4 is 10.1 Å². The highest BCUT2D eigenvalue weighted by Gasteiger charge is 2.17. The molecule has 0 bridgehead atoms. The van der Waals surface area contributed by atoms with Crippen LogP contribution in [0.5, 0.6) is 5.75 Å². The zero-order chi connectivity index (χ0) is 16.2. The lowest BCUT2D eigenvalue weighted by atomic mass is 10.2. The van der Waals surface area contributed by atoms with Crippen LogP contribution in [0, 0.1) is 0 Å². The number of benzene rings is 1. The van der Waals surface area contributed by atoms with E-state index in [2.05, 4.69) is 27.1 Å². The molecule has 7 heteroatoms. The van der Waals surface area contributed by atoms with Crippen LogP contribution in [-0.2, 0) is 0 Å². The Hall–Kier alpha value is -1.70. The summed E-state index contributed by atoms with van der Waals surface area (Å²) in [4.78, 5) is 9.14. The van der Waals surface area contributed by atoms with Crippen LogP contribution in [0.4, 0.5) is 5.13 Å². The Morgan fingerprint density at radius 3 is 2.83 bits per heavy atom. The maximum absolute atomic E-state index is 5.50. The molecule has 1 aromatic carbocycles. The first-order chi connectivity index (χ1) is 11.2. The summed E-state index contributed by atoms with van der Waals surface area (Å²) >= 11 is 7.07. The van der Waals surface area contributed by atoms with Gasteiger partial charge < -0.3 is 19.9 Å². The molecule has 1 fully saturated rings. The second kappa shape index (κ2) is 7.25. The maximum atomic E-state index is 5.50. The molecule has 1 N–H and O–H groups in total. The number of rotatable bonds is 3. The molecule has 0 spiro atoms. The van der Waals surface area contributed by atoms with E-state index in [9.17, 15) is 0 Å². The molecule has 3 rings (SSSR count). The number of nitrogens with one attached hydrogen (secondary N) is 1. The summed E-state index contributed by atoms with van der Waals surface area (Å²) in [7, 11) is 3.80. The van der Waals surface area contributed by atoms with E-state index in [1.54, 1.807) is 18.4 Å². The molecule has 23 heavy (non-hydrogen) atoms. The lowest BCUT2D eigenvalue weighted by molar-refractivity contribution is 0.217. The van der Waals surface area contributed by atoms with Crippen molar-refractivity contribution in [1.29, 1.82) is 0 Å². The van der Waals surface area contributed by atoms with E-state index in [1.165, 1.54) is 0 Å². The van der Waals surface area contributed by atoms with Gasteiger partial charge in [-0.15, -0.1) is 11.3 Å². The van der Waals surface area contributed by atoms with E-state index >= 15 is 0 Å². The summed E-state index contributed by atoms with van der Waals surface area (Å²) in [6.45, 7) is 3.98. The number of methoxy groups -OCH3 is 1. The lowest BCUT2D eigenvalue weighted by Crippen LogP contribution is -2.48. The molecule has 2 aromatic rings. The van der Waals surface area contributed by atoms with Crippen molar-refractivity contribution >= 4 is 33.8 Å². The number of thiazole rings is 1. The van der Waals surface area contributed by atoms with Crippen LogP contribution >= 0.6 is 23.6 Å². The first-order valence-electron chi connectivity index (χ1n) is 7.50. The van der Waals surface area contributed by atoms with Gasteiger partial charge in [-0.2, -0.15) is 0 Å². The quantitative estimate of drug-likeness (QED) is 0.860. The summed E-state index contributed by atoms with van der Waals surface area (Å²) in [5.74, 6) is 0.831. The molecule has 0 saturated carbocycles. The average Bonchev–Trinajstić information content (AvgIpc) is 3.04. The molecule has 0 unspecified atom stereocenters. The van der Waals surface area contributed by atoms with Crippen LogP contribution in [-0.4, -0.2) is 60.2 Å². The minimum atomic E-state index is 0.754. The van der Waals surface area contributed by atoms with E-state index in [1.807, 2.05) is 29.6 Å². The standard InChI is InChI=1S/C16H20N4OS2/c1-19-6-8-20(9-7-19)16(22)18-15-17-14(11-23-15)12-4-3-5-13(10-12)21-2/h3-5,10-11H,6-9H2,1-2H3,(H,17,18,22). The summed E-state index contributed by atoms with van der Waals surface area (Å²) in [6.07, 6.45) is 0. The second-order valence-corrected chi connectivity index (χ2v) is 6.74. The highest BCUT2D eigenvalue weighted by Crippen LogP contribution is 2.27. The van der Waals surface area contributed by atoms with Crippen molar-refractivity contribution in [3.05, 3.63) is 29.6 Å². The van der Waals surface area contributed by atoms with Gasteiger partial charge in [-0.1, -0.05) is 12.1 Å². The lowest BCUT2D eigenvalue weighted by Gasteiger charge is -2.33. The predicted octanol–water partition coefficient (Wildman–Crippen LogP) is 2.76. The summed E-state index contributed by atoms with van der Waals surface area (Å²) in [5, 5.41) is 6.87. The van der Waals surface area contributed by atoms with Gasteiger partial charge in [0.1, 0.15) is 5.75 Å². The fraction of sp³-hybridized carbons (Fsp3) is 0.375. The molecule has 5 nitrogen and oxygen atoms in total. The normalized spacial score (nSPS) is 15.5. The van der Waals surface area contributed by atoms with Crippen molar-refractivity contribution in [3.63, 3.8) is 0 Å². The Morgan fingerprint density at radius 2 is 2.09 bits per heavy atom. The Kier molecular flexibility index (Phi) is 5.09. The van der Waals surface area contributed by atoms with Crippen molar-refractivity contribution in [3.8, 4) is 17.0 Å². The molecule has 1 saturated heterocycles. The third-order valence-electron chi connectivity index (χ3n) is 3.87. The van der Waals surface area contributed by atoms with E-state index < -0.39 is 0 Å². The number of aromatic nitrogens is 1. The van der Waals surface area contributed by atoms with Crippen LogP contribution in [0.15, 0.2) is 29.6 Å². The van der Waals surface area contributed by atoms with Crippen LogP contribution in [0.2, 0.25) is 0 Å². The Labute approximate surface area is 145 Å². The molecule has 1 aromatic heterocycles. The van der Waals surface area contributed by atoms with Crippen molar-refractivity contribution in [2.45, 2.75) is 0 Å². The Morgan fingerprint density at radius 1 is 1.30 bits per heavy atom. The number of likely N-dealkylation sites (N-methyl/N-ethyl adjacent to an activating group) is 1. The van der Waals surface area contributed by atoms with Gasteiger partial charge >= 0.3 is 0 Å². The predicted molar refractivity (Wildman–Crippen MR) is 99.4 cm³/mol. The SMILES string of the molecule is COc1cccc(-c2csc(NC(=S)N3CCN(C)CC3)n2)c1. The largest absolute Gasteiger partial charge is 0.497 e. The smallest absolute Gasteiger partial charge is 0.189 e.